The van der Waals surface area contributed by atoms with Crippen LogP contribution in [0.1, 0.15) is 35.5 Å². The molecule has 102 valence electrons. The largest absolute Gasteiger partial charge is 0.388 e. The summed E-state index contributed by atoms with van der Waals surface area (Å²) in [5.41, 5.74) is 3.92. The van der Waals surface area contributed by atoms with Crippen molar-refractivity contribution in [2.75, 3.05) is 0 Å². The van der Waals surface area contributed by atoms with Crippen LogP contribution in [0.5, 0.6) is 0 Å². The lowest BCUT2D eigenvalue weighted by Gasteiger charge is -2.13. The first-order valence-electron chi connectivity index (χ1n) is 6.48. The minimum Gasteiger partial charge on any atom is -0.388 e. The highest BCUT2D eigenvalue weighted by Crippen LogP contribution is 2.23. The minimum absolute atomic E-state index is 0.530. The molecule has 1 atom stereocenters. The molecule has 2 rings (SSSR count). The zero-order chi connectivity index (χ0) is 14.0. The molecule has 1 aromatic carbocycles. The summed E-state index contributed by atoms with van der Waals surface area (Å²) in [5, 5.41) is 15.5. The number of nitrogens with zero attached hydrogens (tertiary/aromatic N) is 2. The average molecular weight is 279 g/mol. The lowest BCUT2D eigenvalue weighted by atomic mass is 10.0. The monoisotopic (exact) mass is 278 g/mol. The van der Waals surface area contributed by atoms with E-state index in [2.05, 4.69) is 12.0 Å². The molecule has 3 nitrogen and oxygen atoms in total. The molecule has 0 saturated heterocycles. The van der Waals surface area contributed by atoms with Crippen LogP contribution in [0, 0.1) is 13.8 Å². The van der Waals surface area contributed by atoms with E-state index in [1.807, 2.05) is 42.8 Å². The summed E-state index contributed by atoms with van der Waals surface area (Å²) in [6, 6.07) is 7.67. The third-order valence-electron chi connectivity index (χ3n) is 3.25. The van der Waals surface area contributed by atoms with Gasteiger partial charge in [-0.2, -0.15) is 5.10 Å². The second kappa shape index (κ2) is 5.76. The summed E-state index contributed by atoms with van der Waals surface area (Å²) < 4.78 is 1.93. The second-order valence-electron chi connectivity index (χ2n) is 4.82. The molecular formula is C15H19ClN2O. The second-order valence-corrected chi connectivity index (χ2v) is 5.23. The van der Waals surface area contributed by atoms with E-state index in [0.717, 1.165) is 34.1 Å². The van der Waals surface area contributed by atoms with Crippen LogP contribution in [-0.2, 0) is 13.0 Å². The van der Waals surface area contributed by atoms with Crippen LogP contribution in [0.3, 0.4) is 0 Å². The van der Waals surface area contributed by atoms with Crippen molar-refractivity contribution in [3.63, 3.8) is 0 Å². The highest BCUT2D eigenvalue weighted by atomic mass is 35.5. The number of aliphatic hydroxyl groups is 1. The first kappa shape index (κ1) is 14.1. The molecule has 2 aromatic rings. The van der Waals surface area contributed by atoms with Crippen LogP contribution in [-0.4, -0.2) is 14.9 Å². The van der Waals surface area contributed by atoms with Crippen LogP contribution in [0.25, 0.3) is 0 Å². The van der Waals surface area contributed by atoms with Gasteiger partial charge in [-0.25, -0.2) is 0 Å². The zero-order valence-electron chi connectivity index (χ0n) is 11.5. The number of rotatable bonds is 4. The Balaban J connectivity index is 2.20. The van der Waals surface area contributed by atoms with Gasteiger partial charge in [0.25, 0.3) is 0 Å². The Morgan fingerprint density at radius 2 is 2.05 bits per heavy atom. The fourth-order valence-corrected chi connectivity index (χ4v) is 2.35. The van der Waals surface area contributed by atoms with Crippen molar-refractivity contribution < 1.29 is 5.11 Å². The van der Waals surface area contributed by atoms with E-state index < -0.39 is 6.10 Å². The van der Waals surface area contributed by atoms with E-state index in [-0.39, 0.29) is 0 Å². The molecule has 0 bridgehead atoms. The van der Waals surface area contributed by atoms with Gasteiger partial charge in [0.15, 0.2) is 0 Å². The number of aromatic nitrogens is 2. The number of hydrogen-bond acceptors (Lipinski definition) is 2. The van der Waals surface area contributed by atoms with Crippen molar-refractivity contribution in [3.05, 3.63) is 51.8 Å². The summed E-state index contributed by atoms with van der Waals surface area (Å²) in [5.74, 6) is 0. The van der Waals surface area contributed by atoms with Gasteiger partial charge in [-0.05, 0) is 44.0 Å². The topological polar surface area (TPSA) is 38.0 Å². The Morgan fingerprint density at radius 1 is 1.32 bits per heavy atom. The fourth-order valence-electron chi connectivity index (χ4n) is 2.23. The molecule has 0 amide bonds. The maximum Gasteiger partial charge on any atom is 0.0845 e. The fraction of sp³-hybridized carbons (Fsp3) is 0.400. The van der Waals surface area contributed by atoms with Gasteiger partial charge in [0.1, 0.15) is 0 Å². The molecule has 1 N–H and O–H groups in total. The normalized spacial score (nSPS) is 12.7. The number of aryl methyl sites for hydroxylation is 3. The van der Waals surface area contributed by atoms with Crippen LogP contribution >= 0.6 is 11.6 Å². The summed E-state index contributed by atoms with van der Waals surface area (Å²) >= 11 is 6.00. The molecule has 0 spiro atoms. The zero-order valence-corrected chi connectivity index (χ0v) is 12.3. The SMILES string of the molecule is CCn1nc(C)cc1CC(O)c1ccc(Cl)c(C)c1. The van der Waals surface area contributed by atoms with Gasteiger partial charge < -0.3 is 5.11 Å². The lowest BCUT2D eigenvalue weighted by Crippen LogP contribution is -2.08. The number of halogens is 1. The summed E-state index contributed by atoms with van der Waals surface area (Å²) in [6.45, 7) is 6.78. The number of benzene rings is 1. The Hall–Kier alpha value is -1.32. The molecule has 0 aliphatic heterocycles. The quantitative estimate of drug-likeness (QED) is 0.930. The lowest BCUT2D eigenvalue weighted by molar-refractivity contribution is 0.175. The van der Waals surface area contributed by atoms with Crippen molar-refractivity contribution in [2.24, 2.45) is 0 Å². The first-order chi connectivity index (χ1) is 9.01. The van der Waals surface area contributed by atoms with E-state index in [4.69, 9.17) is 11.6 Å². The van der Waals surface area contributed by atoms with Gasteiger partial charge in [-0.1, -0.05) is 23.7 Å². The Kier molecular flexibility index (Phi) is 4.27. The van der Waals surface area contributed by atoms with Gasteiger partial charge in [-0.3, -0.25) is 4.68 Å². The summed E-state index contributed by atoms with van der Waals surface area (Å²) in [4.78, 5) is 0. The molecule has 19 heavy (non-hydrogen) atoms. The highest BCUT2D eigenvalue weighted by Gasteiger charge is 2.13. The Morgan fingerprint density at radius 3 is 2.68 bits per heavy atom. The van der Waals surface area contributed by atoms with E-state index in [9.17, 15) is 5.11 Å². The van der Waals surface area contributed by atoms with Gasteiger partial charge >= 0.3 is 0 Å². The highest BCUT2D eigenvalue weighted by molar-refractivity contribution is 6.31. The van der Waals surface area contributed by atoms with Gasteiger partial charge in [0.2, 0.25) is 0 Å². The van der Waals surface area contributed by atoms with Crippen LogP contribution < -0.4 is 0 Å². The van der Waals surface area contributed by atoms with E-state index in [1.165, 1.54) is 0 Å². The molecule has 0 aliphatic carbocycles. The van der Waals surface area contributed by atoms with Crippen molar-refractivity contribution in [2.45, 2.75) is 39.8 Å². The van der Waals surface area contributed by atoms with Crippen molar-refractivity contribution in [3.8, 4) is 0 Å². The molecule has 4 heteroatoms. The van der Waals surface area contributed by atoms with E-state index in [1.54, 1.807) is 0 Å². The van der Waals surface area contributed by atoms with Crippen molar-refractivity contribution >= 4 is 11.6 Å². The number of aliphatic hydroxyl groups excluding tert-OH is 1. The minimum atomic E-state index is -0.530. The van der Waals surface area contributed by atoms with Gasteiger partial charge in [0, 0.05) is 23.7 Å². The summed E-state index contributed by atoms with van der Waals surface area (Å²) in [6.07, 6.45) is 0.0350. The smallest absolute Gasteiger partial charge is 0.0845 e. The predicted molar refractivity (Wildman–Crippen MR) is 77.5 cm³/mol. The molecular weight excluding hydrogens is 260 g/mol. The molecule has 0 aliphatic rings. The third-order valence-corrected chi connectivity index (χ3v) is 3.68. The predicted octanol–water partition coefficient (Wildman–Crippen LogP) is 3.45. The van der Waals surface area contributed by atoms with Gasteiger partial charge in [-0.15, -0.1) is 0 Å². The number of hydrogen-bond donors (Lipinski definition) is 1. The van der Waals surface area contributed by atoms with E-state index >= 15 is 0 Å². The molecule has 0 fully saturated rings. The van der Waals surface area contributed by atoms with Gasteiger partial charge in [0.05, 0.1) is 11.8 Å². The van der Waals surface area contributed by atoms with Crippen molar-refractivity contribution in [1.82, 2.24) is 9.78 Å². The molecule has 0 radical (unpaired) electrons. The third kappa shape index (κ3) is 3.17. The maximum atomic E-state index is 10.3. The van der Waals surface area contributed by atoms with Crippen LogP contribution in [0.4, 0.5) is 0 Å². The molecule has 1 unspecified atom stereocenters. The van der Waals surface area contributed by atoms with Crippen LogP contribution in [0.2, 0.25) is 5.02 Å². The molecule has 0 saturated carbocycles. The van der Waals surface area contributed by atoms with E-state index in [0.29, 0.717) is 6.42 Å². The van der Waals surface area contributed by atoms with Crippen molar-refractivity contribution in [1.29, 1.82) is 0 Å². The standard InChI is InChI=1S/C15H19ClN2O/c1-4-18-13(8-11(3)17-18)9-15(19)12-5-6-14(16)10(2)7-12/h5-8,15,19H,4,9H2,1-3H3. The molecule has 1 aromatic heterocycles. The summed E-state index contributed by atoms with van der Waals surface area (Å²) in [7, 11) is 0. The Labute approximate surface area is 118 Å². The van der Waals surface area contributed by atoms with Crippen LogP contribution in [0.15, 0.2) is 24.3 Å². The average Bonchev–Trinajstić information content (AvgIpc) is 2.72. The Bertz CT molecular complexity index is 578. The maximum absolute atomic E-state index is 10.3. The first-order valence-corrected chi connectivity index (χ1v) is 6.86. The molecule has 1 heterocycles.